The van der Waals surface area contributed by atoms with Crippen molar-refractivity contribution >= 4 is 16.7 Å². The fraction of sp³-hybridized carbons (Fsp3) is 0.130. The number of carbonyl (C=O) groups is 1. The molecule has 1 heterocycles. The molecule has 1 atom stereocenters. The zero-order chi connectivity index (χ0) is 19.3. The highest BCUT2D eigenvalue weighted by Crippen LogP contribution is 2.20. The second-order valence-electron chi connectivity index (χ2n) is 6.65. The molecule has 3 aromatic carbocycles. The molecule has 140 valence electrons. The Morgan fingerprint density at radius 3 is 2.61 bits per heavy atom. The van der Waals surface area contributed by atoms with E-state index < -0.39 is 0 Å². The van der Waals surface area contributed by atoms with Crippen LogP contribution >= 0.6 is 0 Å². The predicted molar refractivity (Wildman–Crippen MR) is 110 cm³/mol. The van der Waals surface area contributed by atoms with Gasteiger partial charge >= 0.3 is 0 Å². The van der Waals surface area contributed by atoms with Gasteiger partial charge in [0, 0.05) is 18.1 Å². The van der Waals surface area contributed by atoms with Crippen LogP contribution in [0.2, 0.25) is 0 Å². The molecule has 1 unspecified atom stereocenters. The number of aromatic nitrogens is 2. The Balaban J connectivity index is 1.33. The van der Waals surface area contributed by atoms with Gasteiger partial charge in [-0.15, -0.1) is 0 Å². The van der Waals surface area contributed by atoms with E-state index >= 15 is 0 Å². The Kier molecular flexibility index (Phi) is 5.06. The molecule has 1 amide bonds. The highest BCUT2D eigenvalue weighted by atomic mass is 16.5. The summed E-state index contributed by atoms with van der Waals surface area (Å²) in [6, 6.07) is 21.8. The number of amides is 1. The van der Waals surface area contributed by atoms with Crippen LogP contribution in [0.3, 0.4) is 0 Å². The average molecular weight is 371 g/mol. The second-order valence-corrected chi connectivity index (χ2v) is 6.65. The van der Waals surface area contributed by atoms with Crippen LogP contribution in [0.4, 0.5) is 0 Å². The van der Waals surface area contributed by atoms with Crippen LogP contribution in [0.5, 0.6) is 5.75 Å². The van der Waals surface area contributed by atoms with Gasteiger partial charge in [0.1, 0.15) is 5.75 Å². The van der Waals surface area contributed by atoms with Gasteiger partial charge in [0.2, 0.25) is 0 Å². The summed E-state index contributed by atoms with van der Waals surface area (Å²) in [6.07, 6.45) is 5.39. The predicted octanol–water partition coefficient (Wildman–Crippen LogP) is 4.28. The van der Waals surface area contributed by atoms with Gasteiger partial charge < -0.3 is 14.6 Å². The maximum Gasteiger partial charge on any atom is 0.258 e. The van der Waals surface area contributed by atoms with Crippen LogP contribution < -0.4 is 10.1 Å². The van der Waals surface area contributed by atoms with Gasteiger partial charge in [-0.1, -0.05) is 42.5 Å². The minimum atomic E-state index is -0.153. The van der Waals surface area contributed by atoms with E-state index in [1.807, 2.05) is 84.4 Å². The molecule has 5 heteroatoms. The van der Waals surface area contributed by atoms with Crippen molar-refractivity contribution in [2.24, 2.45) is 0 Å². The van der Waals surface area contributed by atoms with Crippen LogP contribution in [-0.4, -0.2) is 22.1 Å². The number of carbonyl (C=O) groups excluding carboxylic acids is 1. The highest BCUT2D eigenvalue weighted by molar-refractivity contribution is 5.84. The molecule has 0 saturated carbocycles. The molecule has 0 radical (unpaired) electrons. The van der Waals surface area contributed by atoms with Crippen molar-refractivity contribution in [1.82, 2.24) is 14.9 Å². The molecule has 0 aliphatic rings. The number of rotatable bonds is 6. The van der Waals surface area contributed by atoms with Crippen molar-refractivity contribution in [3.8, 4) is 11.4 Å². The van der Waals surface area contributed by atoms with Gasteiger partial charge in [-0.05, 0) is 47.5 Å². The van der Waals surface area contributed by atoms with Gasteiger partial charge in [0.05, 0.1) is 12.4 Å². The Labute approximate surface area is 163 Å². The molecule has 0 bridgehead atoms. The number of benzene rings is 3. The number of nitrogens with zero attached hydrogens (tertiary/aromatic N) is 2. The summed E-state index contributed by atoms with van der Waals surface area (Å²) in [5.74, 6) is 0.533. The molecule has 1 N–H and O–H groups in total. The van der Waals surface area contributed by atoms with Crippen molar-refractivity contribution in [3.63, 3.8) is 0 Å². The maximum absolute atomic E-state index is 12.3. The third-order valence-corrected chi connectivity index (χ3v) is 4.66. The number of hydrogen-bond donors (Lipinski definition) is 1. The smallest absolute Gasteiger partial charge is 0.258 e. The molecule has 0 fully saturated rings. The molecule has 0 aliphatic carbocycles. The van der Waals surface area contributed by atoms with Crippen LogP contribution in [0.25, 0.3) is 16.5 Å². The summed E-state index contributed by atoms with van der Waals surface area (Å²) >= 11 is 0. The molecule has 4 rings (SSSR count). The van der Waals surface area contributed by atoms with E-state index in [9.17, 15) is 4.79 Å². The van der Waals surface area contributed by atoms with Gasteiger partial charge in [-0.2, -0.15) is 0 Å². The Morgan fingerprint density at radius 1 is 1.07 bits per heavy atom. The fourth-order valence-corrected chi connectivity index (χ4v) is 3.12. The van der Waals surface area contributed by atoms with Gasteiger partial charge in [-0.25, -0.2) is 4.98 Å². The first-order valence-electron chi connectivity index (χ1n) is 9.18. The number of ether oxygens (including phenoxy) is 1. The van der Waals surface area contributed by atoms with Crippen molar-refractivity contribution in [1.29, 1.82) is 0 Å². The Morgan fingerprint density at radius 2 is 1.86 bits per heavy atom. The first-order valence-corrected chi connectivity index (χ1v) is 9.18. The number of nitrogens with one attached hydrogen (secondary N) is 1. The minimum Gasteiger partial charge on any atom is -0.484 e. The zero-order valence-corrected chi connectivity index (χ0v) is 15.6. The summed E-state index contributed by atoms with van der Waals surface area (Å²) in [6.45, 7) is 1.94. The Hall–Kier alpha value is -3.60. The van der Waals surface area contributed by atoms with E-state index in [2.05, 4.69) is 10.3 Å². The minimum absolute atomic E-state index is 0.0181. The fourth-order valence-electron chi connectivity index (χ4n) is 3.12. The van der Waals surface area contributed by atoms with Crippen LogP contribution in [0, 0.1) is 0 Å². The maximum atomic E-state index is 12.3. The van der Waals surface area contributed by atoms with Crippen molar-refractivity contribution in [2.75, 3.05) is 6.61 Å². The lowest BCUT2D eigenvalue weighted by Gasteiger charge is -2.15. The molecule has 4 aromatic rings. The van der Waals surface area contributed by atoms with Crippen molar-refractivity contribution < 1.29 is 9.53 Å². The number of hydrogen-bond acceptors (Lipinski definition) is 3. The van der Waals surface area contributed by atoms with E-state index in [-0.39, 0.29) is 18.6 Å². The average Bonchev–Trinajstić information content (AvgIpc) is 3.27. The second kappa shape index (κ2) is 7.96. The summed E-state index contributed by atoms with van der Waals surface area (Å²) in [4.78, 5) is 16.3. The quantitative estimate of drug-likeness (QED) is 0.550. The molecule has 1 aromatic heterocycles. The molecule has 0 aliphatic heterocycles. The third-order valence-electron chi connectivity index (χ3n) is 4.66. The number of fused-ring (bicyclic) bond motifs is 1. The van der Waals surface area contributed by atoms with Crippen LogP contribution in [0.1, 0.15) is 18.5 Å². The zero-order valence-electron chi connectivity index (χ0n) is 15.6. The largest absolute Gasteiger partial charge is 0.484 e. The SMILES string of the molecule is CC(NC(=O)COc1ccc2ccccc2c1)c1ccc(-n2ccnc2)cc1. The lowest BCUT2D eigenvalue weighted by Crippen LogP contribution is -2.31. The van der Waals surface area contributed by atoms with E-state index in [1.54, 1.807) is 12.5 Å². The van der Waals surface area contributed by atoms with E-state index in [0.29, 0.717) is 5.75 Å². The highest BCUT2D eigenvalue weighted by Gasteiger charge is 2.10. The molecule has 0 spiro atoms. The molecule has 5 nitrogen and oxygen atoms in total. The summed E-state index contributed by atoms with van der Waals surface area (Å²) in [5, 5.41) is 5.21. The normalized spacial score (nSPS) is 11.9. The summed E-state index contributed by atoms with van der Waals surface area (Å²) in [7, 11) is 0. The topological polar surface area (TPSA) is 56.1 Å². The monoisotopic (exact) mass is 371 g/mol. The van der Waals surface area contributed by atoms with Crippen molar-refractivity contribution in [3.05, 3.63) is 91.0 Å². The lowest BCUT2D eigenvalue weighted by atomic mass is 10.1. The Bertz CT molecular complexity index is 1070. The standard InChI is InChI=1S/C23H21N3O2/c1-17(18-6-9-21(10-7-18)26-13-12-24-16-26)25-23(27)15-28-22-11-8-19-4-2-3-5-20(19)14-22/h2-14,16-17H,15H2,1H3,(H,25,27). The van der Waals surface area contributed by atoms with Crippen LogP contribution in [0.15, 0.2) is 85.5 Å². The van der Waals surface area contributed by atoms with E-state index in [4.69, 9.17) is 4.74 Å². The summed E-state index contributed by atoms with van der Waals surface area (Å²) < 4.78 is 7.59. The lowest BCUT2D eigenvalue weighted by molar-refractivity contribution is -0.123. The first-order chi connectivity index (χ1) is 13.7. The van der Waals surface area contributed by atoms with Gasteiger partial charge in [-0.3, -0.25) is 4.79 Å². The van der Waals surface area contributed by atoms with Gasteiger partial charge in [0.25, 0.3) is 5.91 Å². The molecular weight excluding hydrogens is 350 g/mol. The number of imidazole rings is 1. The molecule has 28 heavy (non-hydrogen) atoms. The van der Waals surface area contributed by atoms with Crippen molar-refractivity contribution in [2.45, 2.75) is 13.0 Å². The molecular formula is C23H21N3O2. The third kappa shape index (κ3) is 4.04. The van der Waals surface area contributed by atoms with E-state index in [1.165, 1.54) is 0 Å². The van der Waals surface area contributed by atoms with Gasteiger partial charge in [0.15, 0.2) is 6.61 Å². The molecule has 0 saturated heterocycles. The van der Waals surface area contributed by atoms with Crippen LogP contribution in [-0.2, 0) is 4.79 Å². The van der Waals surface area contributed by atoms with E-state index in [0.717, 1.165) is 22.0 Å². The first kappa shape index (κ1) is 17.8. The summed E-state index contributed by atoms with van der Waals surface area (Å²) in [5.41, 5.74) is 2.06.